The molecule has 12 heteroatoms. The highest BCUT2D eigenvalue weighted by Gasteiger charge is 2.31. The van der Waals surface area contributed by atoms with Crippen molar-refractivity contribution >= 4 is 15.9 Å². The number of sulfonamides is 1. The molecule has 0 aromatic heterocycles. The zero-order valence-electron chi connectivity index (χ0n) is 16.7. The first-order valence-electron chi connectivity index (χ1n) is 9.44. The number of carbonyl (C=O) groups is 1. The number of halogens is 3. The number of rotatable bonds is 9. The van der Waals surface area contributed by atoms with Gasteiger partial charge in [0.25, 0.3) is 0 Å². The van der Waals surface area contributed by atoms with Gasteiger partial charge in [0.1, 0.15) is 5.75 Å². The minimum Gasteiger partial charge on any atom is -0.406 e. The molecule has 30 heavy (non-hydrogen) atoms. The summed E-state index contributed by atoms with van der Waals surface area (Å²) in [5, 5.41) is 2.74. The molecule has 8 nitrogen and oxygen atoms in total. The maximum absolute atomic E-state index is 12.2. The molecule has 1 aliphatic rings. The Kier molecular flexibility index (Phi) is 8.47. The minimum atomic E-state index is -4.86. The topological polar surface area (TPSA) is 97.0 Å². The Morgan fingerprint density at radius 1 is 1.17 bits per heavy atom. The van der Waals surface area contributed by atoms with E-state index in [2.05, 4.69) is 19.7 Å². The van der Waals surface area contributed by atoms with Crippen molar-refractivity contribution in [3.63, 3.8) is 0 Å². The number of nitrogens with zero attached hydrogens (tertiary/aromatic N) is 1. The summed E-state index contributed by atoms with van der Waals surface area (Å²) in [4.78, 5) is 13.9. The normalized spacial score (nSPS) is 20.7. The summed E-state index contributed by atoms with van der Waals surface area (Å²) in [7, 11) is -3.96. The standard InChI is InChI=1S/C18H26F3N3O5S/c1-13-11-24(12-14(2)28-13)10-9-22-17(25)7-8-23-30(26,27)16-5-3-15(4-6-16)29-18(19,20)21/h3-6,13-14,23H,7-12H2,1-2H3,(H,22,25). The van der Waals surface area contributed by atoms with Crippen LogP contribution < -0.4 is 14.8 Å². The Morgan fingerprint density at radius 2 is 1.77 bits per heavy atom. The third-order valence-corrected chi connectivity index (χ3v) is 5.73. The Hall–Kier alpha value is -1.89. The number of ether oxygens (including phenoxy) is 2. The first kappa shape index (κ1) is 24.4. The number of hydrogen-bond acceptors (Lipinski definition) is 6. The van der Waals surface area contributed by atoms with Crippen LogP contribution in [-0.4, -0.2) is 70.5 Å². The van der Waals surface area contributed by atoms with Gasteiger partial charge in [0, 0.05) is 39.1 Å². The number of hydrogen-bond donors (Lipinski definition) is 2. The minimum absolute atomic E-state index is 0.0651. The lowest BCUT2D eigenvalue weighted by Crippen LogP contribution is -2.48. The van der Waals surface area contributed by atoms with Crippen molar-refractivity contribution in [3.05, 3.63) is 24.3 Å². The van der Waals surface area contributed by atoms with Gasteiger partial charge in [-0.05, 0) is 38.1 Å². The summed E-state index contributed by atoms with van der Waals surface area (Å²) in [6.45, 7) is 6.52. The lowest BCUT2D eigenvalue weighted by molar-refractivity contribution is -0.274. The first-order valence-corrected chi connectivity index (χ1v) is 10.9. The second-order valence-electron chi connectivity index (χ2n) is 7.03. The number of alkyl halides is 3. The van der Waals surface area contributed by atoms with Crippen molar-refractivity contribution in [2.24, 2.45) is 0 Å². The van der Waals surface area contributed by atoms with Crippen molar-refractivity contribution in [3.8, 4) is 5.75 Å². The maximum atomic E-state index is 12.2. The molecule has 0 bridgehead atoms. The summed E-state index contributed by atoms with van der Waals surface area (Å²) < 4.78 is 72.4. The van der Waals surface area contributed by atoms with Crippen LogP contribution in [0.2, 0.25) is 0 Å². The quantitative estimate of drug-likeness (QED) is 0.588. The van der Waals surface area contributed by atoms with Gasteiger partial charge >= 0.3 is 6.36 Å². The van der Waals surface area contributed by atoms with Crippen molar-refractivity contribution in [2.75, 3.05) is 32.7 Å². The molecule has 2 rings (SSSR count). The monoisotopic (exact) mass is 453 g/mol. The fourth-order valence-corrected chi connectivity index (χ4v) is 4.14. The SMILES string of the molecule is CC1CN(CCNC(=O)CCNS(=O)(=O)c2ccc(OC(F)(F)F)cc2)CC(C)O1. The van der Waals surface area contributed by atoms with Crippen molar-refractivity contribution in [1.82, 2.24) is 14.9 Å². The van der Waals surface area contributed by atoms with E-state index >= 15 is 0 Å². The summed E-state index contributed by atoms with van der Waals surface area (Å²) in [6, 6.07) is 3.80. The summed E-state index contributed by atoms with van der Waals surface area (Å²) in [5.41, 5.74) is 0. The van der Waals surface area contributed by atoms with Crippen LogP contribution in [-0.2, 0) is 19.6 Å². The molecule has 1 aliphatic heterocycles. The Bertz CT molecular complexity index is 792. The molecule has 2 atom stereocenters. The van der Waals surface area contributed by atoms with Crippen molar-refractivity contribution in [2.45, 2.75) is 43.7 Å². The van der Waals surface area contributed by atoms with E-state index in [0.29, 0.717) is 13.1 Å². The first-order chi connectivity index (χ1) is 13.9. The molecule has 2 N–H and O–H groups in total. The predicted octanol–water partition coefficient (Wildman–Crippen LogP) is 1.48. The molecule has 1 amide bonds. The van der Waals surface area contributed by atoms with E-state index < -0.39 is 22.1 Å². The third kappa shape index (κ3) is 8.46. The highest BCUT2D eigenvalue weighted by Crippen LogP contribution is 2.23. The molecule has 2 unspecified atom stereocenters. The van der Waals surface area contributed by atoms with E-state index in [1.165, 1.54) is 0 Å². The average molecular weight is 453 g/mol. The Labute approximate surface area is 173 Å². The lowest BCUT2D eigenvalue weighted by atomic mass is 10.2. The second kappa shape index (κ2) is 10.4. The molecular formula is C18H26F3N3O5S. The molecule has 0 spiro atoms. The fourth-order valence-electron chi connectivity index (χ4n) is 3.11. The van der Waals surface area contributed by atoms with Gasteiger partial charge in [0.05, 0.1) is 17.1 Å². The molecule has 1 aromatic rings. The van der Waals surface area contributed by atoms with Gasteiger partial charge in [-0.25, -0.2) is 13.1 Å². The third-order valence-electron chi connectivity index (χ3n) is 4.26. The van der Waals surface area contributed by atoms with E-state index in [1.54, 1.807) is 0 Å². The molecule has 1 aromatic carbocycles. The van der Waals surface area contributed by atoms with Gasteiger partial charge in [0.2, 0.25) is 15.9 Å². The van der Waals surface area contributed by atoms with Gasteiger partial charge in [-0.3, -0.25) is 9.69 Å². The lowest BCUT2D eigenvalue weighted by Gasteiger charge is -2.35. The van der Waals surface area contributed by atoms with Gasteiger partial charge in [-0.1, -0.05) is 0 Å². The largest absolute Gasteiger partial charge is 0.573 e. The van der Waals surface area contributed by atoms with E-state index in [9.17, 15) is 26.4 Å². The fraction of sp³-hybridized carbons (Fsp3) is 0.611. The van der Waals surface area contributed by atoms with E-state index in [-0.39, 0.29) is 36.0 Å². The van der Waals surface area contributed by atoms with Crippen molar-refractivity contribution in [1.29, 1.82) is 0 Å². The van der Waals surface area contributed by atoms with Crippen LogP contribution >= 0.6 is 0 Å². The zero-order valence-corrected chi connectivity index (χ0v) is 17.6. The van der Waals surface area contributed by atoms with Crippen LogP contribution in [0.25, 0.3) is 0 Å². The van der Waals surface area contributed by atoms with Crippen LogP contribution in [0, 0.1) is 0 Å². The highest BCUT2D eigenvalue weighted by atomic mass is 32.2. The van der Waals surface area contributed by atoms with E-state index in [4.69, 9.17) is 4.74 Å². The van der Waals surface area contributed by atoms with E-state index in [0.717, 1.165) is 37.4 Å². The molecule has 1 fully saturated rings. The van der Waals surface area contributed by atoms with Gasteiger partial charge in [-0.15, -0.1) is 13.2 Å². The van der Waals surface area contributed by atoms with Crippen LogP contribution in [0.5, 0.6) is 5.75 Å². The van der Waals surface area contributed by atoms with Crippen LogP contribution in [0.1, 0.15) is 20.3 Å². The number of nitrogens with one attached hydrogen (secondary N) is 2. The number of benzene rings is 1. The van der Waals surface area contributed by atoms with Crippen LogP contribution in [0.15, 0.2) is 29.2 Å². The number of carbonyl (C=O) groups excluding carboxylic acids is 1. The molecule has 0 radical (unpaired) electrons. The zero-order chi connectivity index (χ0) is 22.4. The molecule has 170 valence electrons. The molecule has 1 saturated heterocycles. The summed E-state index contributed by atoms with van der Waals surface area (Å²) in [5.74, 6) is -0.828. The molecule has 0 aliphatic carbocycles. The Balaban J connectivity index is 1.71. The molecular weight excluding hydrogens is 427 g/mol. The number of amides is 1. The van der Waals surface area contributed by atoms with Crippen molar-refractivity contribution < 1.29 is 35.9 Å². The van der Waals surface area contributed by atoms with Gasteiger partial charge in [0.15, 0.2) is 0 Å². The average Bonchev–Trinajstić information content (AvgIpc) is 2.60. The summed E-state index contributed by atoms with van der Waals surface area (Å²) >= 11 is 0. The van der Waals surface area contributed by atoms with Gasteiger partial charge in [-0.2, -0.15) is 0 Å². The van der Waals surface area contributed by atoms with Crippen LogP contribution in [0.4, 0.5) is 13.2 Å². The predicted molar refractivity (Wildman–Crippen MR) is 102 cm³/mol. The smallest absolute Gasteiger partial charge is 0.406 e. The maximum Gasteiger partial charge on any atom is 0.573 e. The Morgan fingerprint density at radius 3 is 2.33 bits per heavy atom. The molecule has 1 heterocycles. The van der Waals surface area contributed by atoms with Gasteiger partial charge < -0.3 is 14.8 Å². The van der Waals surface area contributed by atoms with E-state index in [1.807, 2.05) is 13.8 Å². The molecule has 0 saturated carbocycles. The van der Waals surface area contributed by atoms with Crippen LogP contribution in [0.3, 0.4) is 0 Å². The summed E-state index contributed by atoms with van der Waals surface area (Å²) in [6.07, 6.45) is -4.66. The highest BCUT2D eigenvalue weighted by molar-refractivity contribution is 7.89. The second-order valence-corrected chi connectivity index (χ2v) is 8.80. The number of morpholine rings is 1.